The van der Waals surface area contributed by atoms with Crippen molar-refractivity contribution in [2.75, 3.05) is 6.54 Å². The Balaban J connectivity index is 2.73. The minimum Gasteiger partial charge on any atom is -0.392 e. The normalized spacial score (nSPS) is 32.5. The van der Waals surface area contributed by atoms with E-state index in [0.717, 1.165) is 25.2 Å². The Morgan fingerprint density at radius 3 is 2.53 bits per heavy atom. The third-order valence-corrected chi connectivity index (χ3v) is 4.48. The van der Waals surface area contributed by atoms with E-state index in [1.54, 1.807) is 0 Å². The number of hydrogen-bond donors (Lipinski definition) is 2. The van der Waals surface area contributed by atoms with Gasteiger partial charge in [-0.3, -0.25) is 0 Å². The molecule has 0 bridgehead atoms. The second-order valence-electron chi connectivity index (χ2n) is 7.22. The lowest BCUT2D eigenvalue weighted by Crippen LogP contribution is -2.46. The Morgan fingerprint density at radius 2 is 2.06 bits per heavy atom. The highest BCUT2D eigenvalue weighted by Crippen LogP contribution is 2.45. The van der Waals surface area contributed by atoms with E-state index in [2.05, 4.69) is 27.7 Å². The minimum absolute atomic E-state index is 0.00773. The fourth-order valence-corrected chi connectivity index (χ4v) is 3.29. The van der Waals surface area contributed by atoms with Crippen LogP contribution in [0.25, 0.3) is 0 Å². The molecule has 17 heavy (non-hydrogen) atoms. The lowest BCUT2D eigenvalue weighted by molar-refractivity contribution is -0.0354. The third kappa shape index (κ3) is 3.96. The van der Waals surface area contributed by atoms with E-state index in [4.69, 9.17) is 5.73 Å². The van der Waals surface area contributed by atoms with Crippen LogP contribution in [0.3, 0.4) is 0 Å². The molecule has 0 amide bonds. The van der Waals surface area contributed by atoms with Crippen molar-refractivity contribution in [3.8, 4) is 0 Å². The van der Waals surface area contributed by atoms with E-state index in [9.17, 15) is 5.11 Å². The topological polar surface area (TPSA) is 46.2 Å². The van der Waals surface area contributed by atoms with E-state index in [1.165, 1.54) is 19.3 Å². The summed E-state index contributed by atoms with van der Waals surface area (Å²) in [6.45, 7) is 9.48. The SMILES string of the molecule is CCC1CCCC(CN)(C(O)CC(C)(C)C)C1. The molecule has 0 aliphatic heterocycles. The van der Waals surface area contributed by atoms with Crippen LogP contribution in [0.5, 0.6) is 0 Å². The summed E-state index contributed by atoms with van der Waals surface area (Å²) in [6.07, 6.45) is 6.64. The van der Waals surface area contributed by atoms with Crippen molar-refractivity contribution in [1.29, 1.82) is 0 Å². The fraction of sp³-hybridized carbons (Fsp3) is 1.00. The van der Waals surface area contributed by atoms with Crippen LogP contribution < -0.4 is 5.73 Å². The Bertz CT molecular complexity index is 234. The zero-order valence-electron chi connectivity index (χ0n) is 12.1. The van der Waals surface area contributed by atoms with E-state index in [1.807, 2.05) is 0 Å². The van der Waals surface area contributed by atoms with Gasteiger partial charge in [0, 0.05) is 12.0 Å². The molecule has 2 heteroatoms. The van der Waals surface area contributed by atoms with Gasteiger partial charge in [-0.05, 0) is 30.6 Å². The second-order valence-corrected chi connectivity index (χ2v) is 7.22. The first kappa shape index (κ1) is 15.0. The molecule has 1 aliphatic rings. The molecule has 0 heterocycles. The van der Waals surface area contributed by atoms with E-state index in [0.29, 0.717) is 6.54 Å². The first-order chi connectivity index (χ1) is 7.83. The van der Waals surface area contributed by atoms with Gasteiger partial charge in [0.25, 0.3) is 0 Å². The zero-order valence-corrected chi connectivity index (χ0v) is 12.1. The molecule has 3 unspecified atom stereocenters. The van der Waals surface area contributed by atoms with Gasteiger partial charge in [0.2, 0.25) is 0 Å². The average Bonchev–Trinajstić information content (AvgIpc) is 2.26. The van der Waals surface area contributed by atoms with Crippen LogP contribution in [-0.2, 0) is 0 Å². The smallest absolute Gasteiger partial charge is 0.0613 e. The summed E-state index contributed by atoms with van der Waals surface area (Å²) in [4.78, 5) is 0. The van der Waals surface area contributed by atoms with E-state index >= 15 is 0 Å². The van der Waals surface area contributed by atoms with Crippen molar-refractivity contribution in [2.45, 2.75) is 72.3 Å². The largest absolute Gasteiger partial charge is 0.392 e. The molecule has 0 aromatic heterocycles. The maximum atomic E-state index is 10.6. The Kier molecular flexibility index (Phi) is 5.03. The summed E-state index contributed by atoms with van der Waals surface area (Å²) in [5.74, 6) is 0.766. The Labute approximate surface area is 107 Å². The molecule has 0 radical (unpaired) electrons. The number of nitrogens with two attached hydrogens (primary N) is 1. The Morgan fingerprint density at radius 1 is 1.41 bits per heavy atom. The van der Waals surface area contributed by atoms with Crippen molar-refractivity contribution in [3.63, 3.8) is 0 Å². The summed E-state index contributed by atoms with van der Waals surface area (Å²) in [5.41, 5.74) is 6.19. The van der Waals surface area contributed by atoms with E-state index < -0.39 is 0 Å². The van der Waals surface area contributed by atoms with Gasteiger partial charge in [0.1, 0.15) is 0 Å². The number of hydrogen-bond acceptors (Lipinski definition) is 2. The van der Waals surface area contributed by atoms with Crippen LogP contribution in [-0.4, -0.2) is 17.8 Å². The van der Waals surface area contributed by atoms with Crippen LogP contribution in [0.1, 0.15) is 66.2 Å². The molecule has 1 rings (SSSR count). The predicted octanol–water partition coefficient (Wildman–Crippen LogP) is 3.33. The first-order valence-corrected chi connectivity index (χ1v) is 7.21. The van der Waals surface area contributed by atoms with E-state index in [-0.39, 0.29) is 16.9 Å². The van der Waals surface area contributed by atoms with Crippen LogP contribution in [0.4, 0.5) is 0 Å². The standard InChI is InChI=1S/C15H31NO/c1-5-12-7-6-8-15(9-12,11-16)13(17)10-14(2,3)4/h12-13,17H,5-11,16H2,1-4H3. The summed E-state index contributed by atoms with van der Waals surface area (Å²) < 4.78 is 0. The molecule has 3 atom stereocenters. The average molecular weight is 241 g/mol. The van der Waals surface area contributed by atoms with Crippen molar-refractivity contribution < 1.29 is 5.11 Å². The van der Waals surface area contributed by atoms with Crippen LogP contribution >= 0.6 is 0 Å². The molecule has 3 N–H and O–H groups in total. The van der Waals surface area contributed by atoms with Crippen LogP contribution in [0.15, 0.2) is 0 Å². The molecule has 2 nitrogen and oxygen atoms in total. The molecule has 0 spiro atoms. The molecular formula is C15H31NO. The zero-order chi connectivity index (χ0) is 13.1. The lowest BCUT2D eigenvalue weighted by atomic mass is 9.63. The maximum Gasteiger partial charge on any atom is 0.0613 e. The summed E-state index contributed by atoms with van der Waals surface area (Å²) >= 11 is 0. The van der Waals surface area contributed by atoms with Crippen molar-refractivity contribution in [1.82, 2.24) is 0 Å². The highest BCUT2D eigenvalue weighted by atomic mass is 16.3. The second kappa shape index (κ2) is 5.71. The molecule has 1 fully saturated rings. The highest BCUT2D eigenvalue weighted by Gasteiger charge is 2.41. The van der Waals surface area contributed by atoms with Gasteiger partial charge >= 0.3 is 0 Å². The molecule has 1 aliphatic carbocycles. The molecule has 102 valence electrons. The monoisotopic (exact) mass is 241 g/mol. The molecule has 0 aromatic rings. The van der Waals surface area contributed by atoms with Gasteiger partial charge in [0.15, 0.2) is 0 Å². The van der Waals surface area contributed by atoms with Crippen molar-refractivity contribution >= 4 is 0 Å². The predicted molar refractivity (Wildman–Crippen MR) is 73.8 cm³/mol. The first-order valence-electron chi connectivity index (χ1n) is 7.21. The molecule has 0 saturated heterocycles. The summed E-state index contributed by atoms with van der Waals surface area (Å²) in [7, 11) is 0. The maximum absolute atomic E-state index is 10.6. The van der Waals surface area contributed by atoms with Gasteiger partial charge in [-0.25, -0.2) is 0 Å². The number of aliphatic hydroxyl groups is 1. The Hall–Kier alpha value is -0.0800. The van der Waals surface area contributed by atoms with Gasteiger partial charge in [-0.15, -0.1) is 0 Å². The van der Waals surface area contributed by atoms with Gasteiger partial charge in [-0.2, -0.15) is 0 Å². The van der Waals surface area contributed by atoms with Crippen LogP contribution in [0.2, 0.25) is 0 Å². The summed E-state index contributed by atoms with van der Waals surface area (Å²) in [5, 5.41) is 10.6. The minimum atomic E-state index is -0.234. The third-order valence-electron chi connectivity index (χ3n) is 4.48. The quantitative estimate of drug-likeness (QED) is 0.793. The van der Waals surface area contributed by atoms with Crippen LogP contribution in [0, 0.1) is 16.7 Å². The molecule has 0 aromatic carbocycles. The lowest BCUT2D eigenvalue weighted by Gasteiger charge is -2.45. The molecular weight excluding hydrogens is 210 g/mol. The van der Waals surface area contributed by atoms with Crippen molar-refractivity contribution in [2.24, 2.45) is 22.5 Å². The fourth-order valence-electron chi connectivity index (χ4n) is 3.29. The molecule has 1 saturated carbocycles. The van der Waals surface area contributed by atoms with Gasteiger partial charge in [-0.1, -0.05) is 47.0 Å². The summed E-state index contributed by atoms with van der Waals surface area (Å²) in [6, 6.07) is 0. The number of rotatable bonds is 4. The van der Waals surface area contributed by atoms with Crippen molar-refractivity contribution in [3.05, 3.63) is 0 Å². The van der Waals surface area contributed by atoms with Gasteiger partial charge < -0.3 is 10.8 Å². The highest BCUT2D eigenvalue weighted by molar-refractivity contribution is 4.93. The number of aliphatic hydroxyl groups excluding tert-OH is 1. The van der Waals surface area contributed by atoms with Gasteiger partial charge in [0.05, 0.1) is 6.10 Å².